The summed E-state index contributed by atoms with van der Waals surface area (Å²) >= 11 is 0. The van der Waals surface area contributed by atoms with Gasteiger partial charge in [-0.3, -0.25) is 9.36 Å². The van der Waals surface area contributed by atoms with E-state index in [4.69, 9.17) is 4.74 Å². The highest BCUT2D eigenvalue weighted by molar-refractivity contribution is 5.92. The quantitative estimate of drug-likeness (QED) is 0.448. The first-order valence-electron chi connectivity index (χ1n) is 9.44. The first-order chi connectivity index (χ1) is 15.0. The van der Waals surface area contributed by atoms with Gasteiger partial charge in [-0.15, -0.1) is 0 Å². The van der Waals surface area contributed by atoms with Gasteiger partial charge in [-0.05, 0) is 54.1 Å². The van der Waals surface area contributed by atoms with Crippen molar-refractivity contribution in [1.82, 2.24) is 9.55 Å². The number of nitrogens with zero attached hydrogens (tertiary/aromatic N) is 2. The van der Waals surface area contributed by atoms with E-state index in [0.717, 1.165) is 4.57 Å². The molecular formula is C23H18F3N3O2. The van der Waals surface area contributed by atoms with Crippen LogP contribution in [-0.4, -0.2) is 22.6 Å². The van der Waals surface area contributed by atoms with E-state index in [1.165, 1.54) is 19.2 Å². The van der Waals surface area contributed by atoms with Crippen LogP contribution < -0.4 is 10.1 Å². The minimum absolute atomic E-state index is 0.0240. The third kappa shape index (κ3) is 4.23. The number of anilines is 1. The van der Waals surface area contributed by atoms with Crippen molar-refractivity contribution >= 4 is 22.6 Å². The maximum atomic E-state index is 13.8. The topological polar surface area (TPSA) is 56.1 Å². The second kappa shape index (κ2) is 8.51. The molecule has 4 rings (SSSR count). The van der Waals surface area contributed by atoms with Gasteiger partial charge < -0.3 is 10.1 Å². The standard InChI is InChI=1S/C23H18F3N3O2/c1-31-20-11-6-14(12-17(20)24)13-21(30)27-16-9-7-15(8-10-16)22-28-18-4-2-3-5-19(18)29(22)23(25)26/h2-12,23H,13H2,1H3,(H,27,30). The lowest BCUT2D eigenvalue weighted by molar-refractivity contribution is -0.115. The van der Waals surface area contributed by atoms with Crippen molar-refractivity contribution in [3.8, 4) is 17.1 Å². The molecule has 0 bridgehead atoms. The minimum Gasteiger partial charge on any atom is -0.494 e. The molecule has 4 aromatic rings. The van der Waals surface area contributed by atoms with Crippen LogP contribution in [0.4, 0.5) is 18.9 Å². The molecule has 3 aromatic carbocycles. The third-order valence-corrected chi connectivity index (χ3v) is 4.80. The van der Waals surface area contributed by atoms with Crippen molar-refractivity contribution in [3.63, 3.8) is 0 Å². The summed E-state index contributed by atoms with van der Waals surface area (Å²) in [6, 6.07) is 17.4. The van der Waals surface area contributed by atoms with E-state index in [2.05, 4.69) is 10.3 Å². The molecule has 0 fully saturated rings. The smallest absolute Gasteiger partial charge is 0.320 e. The minimum atomic E-state index is -2.74. The van der Waals surface area contributed by atoms with E-state index in [0.29, 0.717) is 27.8 Å². The number of ether oxygens (including phenoxy) is 1. The molecule has 0 aliphatic heterocycles. The Labute approximate surface area is 176 Å². The second-order valence-corrected chi connectivity index (χ2v) is 6.84. The maximum absolute atomic E-state index is 13.8. The maximum Gasteiger partial charge on any atom is 0.320 e. The Hall–Kier alpha value is -3.81. The molecule has 1 heterocycles. The molecule has 0 atom stereocenters. The lowest BCUT2D eigenvalue weighted by atomic mass is 10.1. The first-order valence-corrected chi connectivity index (χ1v) is 9.44. The normalized spacial score (nSPS) is 11.1. The fourth-order valence-corrected chi connectivity index (χ4v) is 3.36. The number of aromatic nitrogens is 2. The molecule has 0 saturated carbocycles. The number of rotatable bonds is 6. The Bertz CT molecular complexity index is 1240. The lowest BCUT2D eigenvalue weighted by Crippen LogP contribution is -2.14. The lowest BCUT2D eigenvalue weighted by Gasteiger charge is -2.10. The van der Waals surface area contributed by atoms with Gasteiger partial charge in [-0.25, -0.2) is 9.37 Å². The number of halogens is 3. The Morgan fingerprint density at radius 1 is 1.10 bits per heavy atom. The molecule has 0 saturated heterocycles. The van der Waals surface area contributed by atoms with Crippen LogP contribution in [0.3, 0.4) is 0 Å². The van der Waals surface area contributed by atoms with E-state index >= 15 is 0 Å². The molecule has 0 unspecified atom stereocenters. The van der Waals surface area contributed by atoms with Gasteiger partial charge in [-0.2, -0.15) is 8.78 Å². The van der Waals surface area contributed by atoms with Gasteiger partial charge in [0.1, 0.15) is 5.82 Å². The predicted octanol–water partition coefficient (Wildman–Crippen LogP) is 5.43. The summed E-state index contributed by atoms with van der Waals surface area (Å²) in [6.45, 7) is -2.74. The van der Waals surface area contributed by atoms with Crippen molar-refractivity contribution in [1.29, 1.82) is 0 Å². The molecule has 1 amide bonds. The number of benzene rings is 3. The van der Waals surface area contributed by atoms with Crippen molar-refractivity contribution in [2.45, 2.75) is 13.0 Å². The molecule has 1 N–H and O–H groups in total. The number of hydrogen-bond donors (Lipinski definition) is 1. The van der Waals surface area contributed by atoms with Crippen LogP contribution in [0.5, 0.6) is 5.75 Å². The fourth-order valence-electron chi connectivity index (χ4n) is 3.36. The van der Waals surface area contributed by atoms with Crippen LogP contribution in [0.2, 0.25) is 0 Å². The van der Waals surface area contributed by atoms with Gasteiger partial charge in [0.05, 0.1) is 24.6 Å². The molecule has 0 aliphatic rings. The Balaban J connectivity index is 1.51. The number of alkyl halides is 2. The molecule has 8 heteroatoms. The van der Waals surface area contributed by atoms with E-state index in [9.17, 15) is 18.0 Å². The van der Waals surface area contributed by atoms with Crippen LogP contribution in [0.25, 0.3) is 22.4 Å². The van der Waals surface area contributed by atoms with E-state index in [1.807, 2.05) is 0 Å². The predicted molar refractivity (Wildman–Crippen MR) is 112 cm³/mol. The summed E-state index contributed by atoms with van der Waals surface area (Å²) in [5, 5.41) is 2.71. The average Bonchev–Trinajstić information content (AvgIpc) is 3.14. The monoisotopic (exact) mass is 425 g/mol. The molecule has 0 spiro atoms. The number of carbonyl (C=O) groups excluding carboxylic acids is 1. The molecular weight excluding hydrogens is 407 g/mol. The SMILES string of the molecule is COc1ccc(CC(=O)Nc2ccc(-c3nc4ccccc4n3C(F)F)cc2)cc1F. The van der Waals surface area contributed by atoms with Crippen LogP contribution in [0.15, 0.2) is 66.7 Å². The zero-order valence-corrected chi connectivity index (χ0v) is 16.5. The van der Waals surface area contributed by atoms with Crippen molar-refractivity contribution in [3.05, 3.63) is 78.1 Å². The summed E-state index contributed by atoms with van der Waals surface area (Å²) in [4.78, 5) is 16.6. The van der Waals surface area contributed by atoms with Crippen LogP contribution >= 0.6 is 0 Å². The van der Waals surface area contributed by atoms with Crippen LogP contribution in [-0.2, 0) is 11.2 Å². The van der Waals surface area contributed by atoms with Gasteiger partial charge in [0, 0.05) is 11.3 Å². The highest BCUT2D eigenvalue weighted by atomic mass is 19.3. The largest absolute Gasteiger partial charge is 0.494 e. The molecule has 31 heavy (non-hydrogen) atoms. The number of nitrogens with one attached hydrogen (secondary N) is 1. The number of amides is 1. The molecule has 0 aliphatic carbocycles. The van der Waals surface area contributed by atoms with E-state index in [1.54, 1.807) is 54.6 Å². The van der Waals surface area contributed by atoms with Gasteiger partial charge in [0.2, 0.25) is 5.91 Å². The van der Waals surface area contributed by atoms with Gasteiger partial charge >= 0.3 is 6.55 Å². The van der Waals surface area contributed by atoms with E-state index < -0.39 is 12.4 Å². The molecule has 0 radical (unpaired) electrons. The Morgan fingerprint density at radius 2 is 1.84 bits per heavy atom. The molecule has 158 valence electrons. The van der Waals surface area contributed by atoms with Crippen molar-refractivity contribution in [2.24, 2.45) is 0 Å². The first kappa shape index (κ1) is 20.5. The van der Waals surface area contributed by atoms with Gasteiger partial charge in [0.15, 0.2) is 11.6 Å². The van der Waals surface area contributed by atoms with Crippen molar-refractivity contribution < 1.29 is 22.7 Å². The molecule has 5 nitrogen and oxygen atoms in total. The number of imidazole rings is 1. The highest BCUT2D eigenvalue weighted by Gasteiger charge is 2.18. The summed E-state index contributed by atoms with van der Waals surface area (Å²) in [5.41, 5.74) is 2.30. The second-order valence-electron chi connectivity index (χ2n) is 6.84. The Morgan fingerprint density at radius 3 is 2.52 bits per heavy atom. The average molecular weight is 425 g/mol. The Kier molecular flexibility index (Phi) is 5.62. The molecule has 1 aromatic heterocycles. The van der Waals surface area contributed by atoms with E-state index in [-0.39, 0.29) is 23.9 Å². The summed E-state index contributed by atoms with van der Waals surface area (Å²) in [6.07, 6.45) is -0.0240. The van der Waals surface area contributed by atoms with Crippen molar-refractivity contribution in [2.75, 3.05) is 12.4 Å². The fraction of sp³-hybridized carbons (Fsp3) is 0.130. The zero-order valence-electron chi connectivity index (χ0n) is 16.5. The summed E-state index contributed by atoms with van der Waals surface area (Å²) in [7, 11) is 1.37. The van der Waals surface area contributed by atoms with Gasteiger partial charge in [-0.1, -0.05) is 18.2 Å². The summed E-state index contributed by atoms with van der Waals surface area (Å²) < 4.78 is 46.8. The van der Waals surface area contributed by atoms with Gasteiger partial charge in [0.25, 0.3) is 0 Å². The number of hydrogen-bond acceptors (Lipinski definition) is 3. The third-order valence-electron chi connectivity index (χ3n) is 4.80. The van der Waals surface area contributed by atoms with Crippen LogP contribution in [0, 0.1) is 5.82 Å². The van der Waals surface area contributed by atoms with Crippen LogP contribution in [0.1, 0.15) is 12.1 Å². The zero-order chi connectivity index (χ0) is 22.0. The number of carbonyl (C=O) groups is 1. The summed E-state index contributed by atoms with van der Waals surface area (Å²) in [5.74, 6) is -0.631. The number of methoxy groups -OCH3 is 1. The number of para-hydroxylation sites is 2. The highest BCUT2D eigenvalue weighted by Crippen LogP contribution is 2.30. The number of fused-ring (bicyclic) bond motifs is 1.